The van der Waals surface area contributed by atoms with Crippen LogP contribution in [0.3, 0.4) is 0 Å². The first-order valence-electron chi connectivity index (χ1n) is 8.56. The SMILES string of the molecule is C=CC[C@]1(C(=O)C(=C)C)C(=O)C(C)=C[C@H]2[C@H](C(=C)C)CCC(=C)[C@@H]21. The van der Waals surface area contributed by atoms with E-state index in [0.717, 1.165) is 24.0 Å². The molecule has 0 aromatic carbocycles. The summed E-state index contributed by atoms with van der Waals surface area (Å²) in [5.74, 6) is -0.111. The highest BCUT2D eigenvalue weighted by molar-refractivity contribution is 6.20. The van der Waals surface area contributed by atoms with Crippen LogP contribution in [0.1, 0.15) is 40.0 Å². The second kappa shape index (κ2) is 6.51. The van der Waals surface area contributed by atoms with Crippen molar-refractivity contribution in [1.82, 2.24) is 0 Å². The van der Waals surface area contributed by atoms with Crippen molar-refractivity contribution in [2.75, 3.05) is 0 Å². The van der Waals surface area contributed by atoms with Crippen molar-refractivity contribution in [3.05, 3.63) is 60.8 Å². The lowest BCUT2D eigenvalue weighted by atomic mass is 9.50. The molecule has 0 heterocycles. The van der Waals surface area contributed by atoms with Gasteiger partial charge in [0.25, 0.3) is 0 Å². The van der Waals surface area contributed by atoms with Gasteiger partial charge >= 0.3 is 0 Å². The van der Waals surface area contributed by atoms with Gasteiger partial charge in [0.05, 0.1) is 0 Å². The number of rotatable bonds is 5. The lowest BCUT2D eigenvalue weighted by molar-refractivity contribution is -0.142. The largest absolute Gasteiger partial charge is 0.293 e. The number of allylic oxidation sites excluding steroid dienone is 6. The van der Waals surface area contributed by atoms with Gasteiger partial charge in [0, 0.05) is 5.92 Å². The minimum Gasteiger partial charge on any atom is -0.293 e. The highest BCUT2D eigenvalue weighted by Gasteiger charge is 2.58. The third kappa shape index (κ3) is 2.58. The van der Waals surface area contributed by atoms with Crippen LogP contribution >= 0.6 is 0 Å². The summed E-state index contributed by atoms with van der Waals surface area (Å²) in [5, 5.41) is 0. The fourth-order valence-electron chi connectivity index (χ4n) is 4.68. The molecule has 0 spiro atoms. The Morgan fingerprint density at radius 1 is 1.38 bits per heavy atom. The lowest BCUT2D eigenvalue weighted by Crippen LogP contribution is -2.54. The van der Waals surface area contributed by atoms with Crippen LogP contribution < -0.4 is 0 Å². The number of fused-ring (bicyclic) bond motifs is 1. The maximum absolute atomic E-state index is 13.2. The Bertz CT molecular complexity index is 676. The molecule has 0 aromatic rings. The van der Waals surface area contributed by atoms with Crippen molar-refractivity contribution in [3.8, 4) is 0 Å². The smallest absolute Gasteiger partial charge is 0.173 e. The minimum absolute atomic E-state index is 0.0877. The monoisotopic (exact) mass is 324 g/mol. The highest BCUT2D eigenvalue weighted by atomic mass is 16.2. The molecule has 0 amide bonds. The van der Waals surface area contributed by atoms with Crippen molar-refractivity contribution < 1.29 is 9.59 Å². The van der Waals surface area contributed by atoms with E-state index in [4.69, 9.17) is 0 Å². The van der Waals surface area contributed by atoms with Crippen LogP contribution in [0.4, 0.5) is 0 Å². The molecule has 1 fully saturated rings. The van der Waals surface area contributed by atoms with E-state index in [0.29, 0.717) is 17.6 Å². The molecule has 128 valence electrons. The predicted molar refractivity (Wildman–Crippen MR) is 99.5 cm³/mol. The fraction of sp³-hybridized carbons (Fsp3) is 0.455. The average molecular weight is 324 g/mol. The number of hydrogen-bond acceptors (Lipinski definition) is 2. The first-order valence-corrected chi connectivity index (χ1v) is 8.56. The molecule has 2 heteroatoms. The summed E-state index contributed by atoms with van der Waals surface area (Å²) in [6, 6.07) is 0. The zero-order valence-corrected chi connectivity index (χ0v) is 15.2. The van der Waals surface area contributed by atoms with E-state index in [1.807, 2.05) is 19.9 Å². The summed E-state index contributed by atoms with van der Waals surface area (Å²) in [5.41, 5.74) is 2.04. The second-order valence-corrected chi connectivity index (χ2v) is 7.46. The van der Waals surface area contributed by atoms with E-state index in [2.05, 4.69) is 26.3 Å². The predicted octanol–water partition coefficient (Wildman–Crippen LogP) is 5.00. The Hall–Kier alpha value is -1.96. The maximum atomic E-state index is 13.2. The Kier molecular flexibility index (Phi) is 4.98. The Balaban J connectivity index is 2.74. The summed E-state index contributed by atoms with van der Waals surface area (Å²) in [6.45, 7) is 21.6. The molecule has 0 aliphatic heterocycles. The first kappa shape index (κ1) is 18.4. The fourth-order valence-corrected chi connectivity index (χ4v) is 4.68. The molecule has 2 nitrogen and oxygen atoms in total. The van der Waals surface area contributed by atoms with E-state index in [1.54, 1.807) is 13.0 Å². The van der Waals surface area contributed by atoms with Gasteiger partial charge in [0.15, 0.2) is 11.6 Å². The Labute approximate surface area is 145 Å². The Morgan fingerprint density at radius 3 is 2.50 bits per heavy atom. The van der Waals surface area contributed by atoms with Gasteiger partial charge in [-0.2, -0.15) is 0 Å². The van der Waals surface area contributed by atoms with Crippen LogP contribution in [0, 0.1) is 23.2 Å². The number of Topliss-reactive ketones (excluding diaryl/α,β-unsaturated/α-hetero) is 2. The van der Waals surface area contributed by atoms with Crippen LogP contribution in [0.15, 0.2) is 60.8 Å². The van der Waals surface area contributed by atoms with Gasteiger partial charge in [-0.1, -0.05) is 43.0 Å². The Morgan fingerprint density at radius 2 is 2.00 bits per heavy atom. The van der Waals surface area contributed by atoms with Gasteiger partial charge in [-0.25, -0.2) is 0 Å². The normalized spacial score (nSPS) is 32.6. The van der Waals surface area contributed by atoms with Gasteiger partial charge in [-0.15, -0.1) is 6.58 Å². The highest BCUT2D eigenvalue weighted by Crippen LogP contribution is 2.56. The third-order valence-electron chi connectivity index (χ3n) is 5.69. The molecule has 0 radical (unpaired) electrons. The van der Waals surface area contributed by atoms with Crippen molar-refractivity contribution in [1.29, 1.82) is 0 Å². The number of carbonyl (C=O) groups is 2. The van der Waals surface area contributed by atoms with Crippen molar-refractivity contribution in [2.45, 2.75) is 40.0 Å². The topological polar surface area (TPSA) is 34.1 Å². The molecule has 4 atom stereocenters. The van der Waals surface area contributed by atoms with Gasteiger partial charge in [0.1, 0.15) is 5.41 Å². The van der Waals surface area contributed by atoms with E-state index < -0.39 is 5.41 Å². The van der Waals surface area contributed by atoms with E-state index in [1.165, 1.54) is 0 Å². The summed E-state index contributed by atoms with van der Waals surface area (Å²) in [6.07, 6.45) is 5.85. The quantitative estimate of drug-likeness (QED) is 0.405. The van der Waals surface area contributed by atoms with Crippen molar-refractivity contribution in [2.24, 2.45) is 23.2 Å². The molecule has 0 aromatic heterocycles. The zero-order valence-electron chi connectivity index (χ0n) is 15.2. The minimum atomic E-state index is -1.14. The number of ketones is 2. The number of hydrogen-bond donors (Lipinski definition) is 0. The van der Waals surface area contributed by atoms with E-state index >= 15 is 0 Å². The molecule has 2 aliphatic rings. The molecule has 0 N–H and O–H groups in total. The molecular weight excluding hydrogens is 296 g/mol. The van der Waals surface area contributed by atoms with Gasteiger partial charge in [-0.3, -0.25) is 9.59 Å². The van der Waals surface area contributed by atoms with Gasteiger partial charge < -0.3 is 0 Å². The van der Waals surface area contributed by atoms with Gasteiger partial charge in [0.2, 0.25) is 0 Å². The molecular formula is C22H28O2. The second-order valence-electron chi connectivity index (χ2n) is 7.46. The van der Waals surface area contributed by atoms with Gasteiger partial charge in [-0.05, 0) is 63.0 Å². The summed E-state index contributed by atoms with van der Waals surface area (Å²) >= 11 is 0. The maximum Gasteiger partial charge on any atom is 0.173 e. The van der Waals surface area contributed by atoms with Crippen LogP contribution in [0.5, 0.6) is 0 Å². The average Bonchev–Trinajstić information content (AvgIpc) is 2.50. The third-order valence-corrected chi connectivity index (χ3v) is 5.69. The molecule has 2 aliphatic carbocycles. The van der Waals surface area contributed by atoms with Crippen LogP contribution in [0.2, 0.25) is 0 Å². The van der Waals surface area contributed by atoms with Crippen LogP contribution in [-0.4, -0.2) is 11.6 Å². The van der Waals surface area contributed by atoms with Crippen molar-refractivity contribution in [3.63, 3.8) is 0 Å². The molecule has 24 heavy (non-hydrogen) atoms. The van der Waals surface area contributed by atoms with Crippen molar-refractivity contribution >= 4 is 11.6 Å². The molecule has 1 saturated carbocycles. The van der Waals surface area contributed by atoms with E-state index in [9.17, 15) is 9.59 Å². The molecule has 0 saturated heterocycles. The lowest BCUT2D eigenvalue weighted by Gasteiger charge is -2.50. The first-order chi connectivity index (χ1) is 11.2. The van der Waals surface area contributed by atoms with Crippen LogP contribution in [-0.2, 0) is 9.59 Å². The number of carbonyl (C=O) groups excluding carboxylic acids is 2. The molecule has 0 unspecified atom stereocenters. The summed E-state index contributed by atoms with van der Waals surface area (Å²) < 4.78 is 0. The summed E-state index contributed by atoms with van der Waals surface area (Å²) in [4.78, 5) is 26.4. The zero-order chi connectivity index (χ0) is 18.2. The summed E-state index contributed by atoms with van der Waals surface area (Å²) in [7, 11) is 0. The standard InChI is InChI=1S/C22H28O2/c1-8-11-22(20(23)14(4)5)19-15(6)9-10-17(13(2)3)18(19)12-16(7)21(22)24/h8,12,17-19H,1-2,4,6,9-11H2,3,5,7H3/t17-,18-,19-,22-/m0/s1. The molecule has 0 bridgehead atoms. The van der Waals surface area contributed by atoms with E-state index in [-0.39, 0.29) is 29.3 Å². The van der Waals surface area contributed by atoms with Crippen LogP contribution in [0.25, 0.3) is 0 Å². The molecule has 2 rings (SSSR count).